The topological polar surface area (TPSA) is 75.9 Å². The molecule has 0 aliphatic heterocycles. The summed E-state index contributed by atoms with van der Waals surface area (Å²) >= 11 is 0. The quantitative estimate of drug-likeness (QED) is 0.755. The molecule has 0 spiro atoms. The van der Waals surface area contributed by atoms with E-state index in [0.29, 0.717) is 17.1 Å². The van der Waals surface area contributed by atoms with E-state index in [0.717, 1.165) is 6.07 Å². The van der Waals surface area contributed by atoms with Crippen molar-refractivity contribution in [3.05, 3.63) is 54.1 Å². The van der Waals surface area contributed by atoms with Gasteiger partial charge in [0, 0.05) is 11.3 Å². The van der Waals surface area contributed by atoms with Gasteiger partial charge in [-0.05, 0) is 29.5 Å². The Hall–Kier alpha value is -2.87. The Morgan fingerprint density at radius 3 is 2.65 bits per heavy atom. The number of aliphatic hydroxyl groups is 1. The maximum Gasteiger partial charge on any atom is 0.207 e. The van der Waals surface area contributed by atoms with E-state index >= 15 is 0 Å². The summed E-state index contributed by atoms with van der Waals surface area (Å²) < 4.78 is 27.1. The van der Waals surface area contributed by atoms with Crippen LogP contribution in [0.2, 0.25) is 0 Å². The summed E-state index contributed by atoms with van der Waals surface area (Å²) in [5.74, 6) is -1.57. The van der Waals surface area contributed by atoms with Gasteiger partial charge >= 0.3 is 0 Å². The number of aromatic nitrogens is 4. The Kier molecular flexibility index (Phi) is 4.24. The maximum atomic E-state index is 13.8. The third-order valence-electron chi connectivity index (χ3n) is 3.14. The molecule has 3 aromatic rings. The molecule has 0 amide bonds. The average Bonchev–Trinajstić information content (AvgIpc) is 3.01. The first kappa shape index (κ1) is 15.0. The number of nitrogens with zero attached hydrogens (tertiary/aromatic N) is 4. The van der Waals surface area contributed by atoms with Crippen LogP contribution in [-0.4, -0.2) is 31.9 Å². The molecule has 1 heterocycles. The minimum atomic E-state index is -0.959. The third-order valence-corrected chi connectivity index (χ3v) is 3.14. The van der Waals surface area contributed by atoms with Crippen LogP contribution in [0.15, 0.2) is 42.5 Å². The number of anilines is 2. The van der Waals surface area contributed by atoms with E-state index < -0.39 is 11.6 Å². The zero-order valence-corrected chi connectivity index (χ0v) is 11.9. The summed E-state index contributed by atoms with van der Waals surface area (Å²) in [6.45, 7) is 0.116. The molecule has 8 heteroatoms. The van der Waals surface area contributed by atoms with Crippen LogP contribution in [0.5, 0.6) is 0 Å². The van der Waals surface area contributed by atoms with Crippen molar-refractivity contribution in [1.29, 1.82) is 0 Å². The van der Waals surface area contributed by atoms with Gasteiger partial charge in [0.2, 0.25) is 5.82 Å². The predicted molar refractivity (Wildman–Crippen MR) is 80.0 cm³/mol. The fraction of sp³-hybridized carbons (Fsp3) is 0.133. The Balaban J connectivity index is 1.95. The van der Waals surface area contributed by atoms with Crippen molar-refractivity contribution in [2.45, 2.75) is 6.54 Å². The first-order chi connectivity index (χ1) is 11.2. The number of hydrogen-bond acceptors (Lipinski definition) is 5. The van der Waals surface area contributed by atoms with Gasteiger partial charge in [-0.1, -0.05) is 18.2 Å². The first-order valence-electron chi connectivity index (χ1n) is 6.88. The van der Waals surface area contributed by atoms with Crippen molar-refractivity contribution in [2.75, 3.05) is 11.9 Å². The third kappa shape index (κ3) is 3.16. The molecule has 0 aliphatic rings. The minimum Gasteiger partial charge on any atom is -0.394 e. The molecule has 3 rings (SSSR count). The SMILES string of the molecule is OCCn1nnc(-c2ccccc2Nc2cccc(F)c2F)n1. The summed E-state index contributed by atoms with van der Waals surface area (Å²) in [6, 6.07) is 10.9. The smallest absolute Gasteiger partial charge is 0.207 e. The van der Waals surface area contributed by atoms with Crippen molar-refractivity contribution in [1.82, 2.24) is 20.2 Å². The van der Waals surface area contributed by atoms with Crippen LogP contribution in [0.3, 0.4) is 0 Å². The lowest BCUT2D eigenvalue weighted by Crippen LogP contribution is -2.05. The highest BCUT2D eigenvalue weighted by molar-refractivity contribution is 5.77. The van der Waals surface area contributed by atoms with E-state index in [9.17, 15) is 8.78 Å². The second-order valence-corrected chi connectivity index (χ2v) is 4.70. The van der Waals surface area contributed by atoms with Crippen LogP contribution in [0.25, 0.3) is 11.4 Å². The van der Waals surface area contributed by atoms with E-state index in [1.165, 1.54) is 16.9 Å². The van der Waals surface area contributed by atoms with E-state index in [4.69, 9.17) is 5.11 Å². The van der Waals surface area contributed by atoms with Crippen molar-refractivity contribution < 1.29 is 13.9 Å². The Labute approximate surface area is 130 Å². The summed E-state index contributed by atoms with van der Waals surface area (Å²) in [7, 11) is 0. The van der Waals surface area contributed by atoms with E-state index in [1.54, 1.807) is 24.3 Å². The lowest BCUT2D eigenvalue weighted by Gasteiger charge is -2.10. The van der Waals surface area contributed by atoms with Gasteiger partial charge < -0.3 is 10.4 Å². The van der Waals surface area contributed by atoms with E-state index in [1.807, 2.05) is 0 Å². The molecule has 0 saturated carbocycles. The highest BCUT2D eigenvalue weighted by Gasteiger charge is 2.13. The summed E-state index contributed by atoms with van der Waals surface area (Å²) in [4.78, 5) is 1.26. The summed E-state index contributed by atoms with van der Waals surface area (Å²) in [5.41, 5.74) is 1.11. The number of nitrogens with one attached hydrogen (secondary N) is 1. The molecular weight excluding hydrogens is 304 g/mol. The van der Waals surface area contributed by atoms with Crippen LogP contribution >= 0.6 is 0 Å². The molecule has 0 saturated heterocycles. The normalized spacial score (nSPS) is 10.7. The number of halogens is 2. The molecule has 0 bridgehead atoms. The fourth-order valence-electron chi connectivity index (χ4n) is 2.07. The molecule has 0 unspecified atom stereocenters. The summed E-state index contributed by atoms with van der Waals surface area (Å²) in [5, 5.41) is 23.6. The second kappa shape index (κ2) is 6.49. The molecule has 1 aromatic heterocycles. The van der Waals surface area contributed by atoms with Crippen molar-refractivity contribution >= 4 is 11.4 Å². The Morgan fingerprint density at radius 2 is 1.83 bits per heavy atom. The molecule has 118 valence electrons. The molecule has 2 aromatic carbocycles. The molecule has 0 radical (unpaired) electrons. The highest BCUT2D eigenvalue weighted by Crippen LogP contribution is 2.29. The van der Waals surface area contributed by atoms with Crippen LogP contribution in [-0.2, 0) is 6.54 Å². The Morgan fingerprint density at radius 1 is 1.04 bits per heavy atom. The standard InChI is InChI=1S/C15H13F2N5O/c16-11-5-3-7-13(14(11)17)18-12-6-2-1-4-10(12)15-19-21-22(20-15)8-9-23/h1-7,18,23H,8-9H2. The summed E-state index contributed by atoms with van der Waals surface area (Å²) in [6.07, 6.45) is 0. The van der Waals surface area contributed by atoms with Crippen molar-refractivity contribution in [3.8, 4) is 11.4 Å². The zero-order chi connectivity index (χ0) is 16.2. The van der Waals surface area contributed by atoms with E-state index in [-0.39, 0.29) is 18.8 Å². The highest BCUT2D eigenvalue weighted by atomic mass is 19.2. The number of para-hydroxylation sites is 1. The van der Waals surface area contributed by atoms with Gasteiger partial charge in [0.05, 0.1) is 18.8 Å². The lowest BCUT2D eigenvalue weighted by atomic mass is 10.1. The first-order valence-corrected chi connectivity index (χ1v) is 6.88. The molecule has 0 fully saturated rings. The van der Waals surface area contributed by atoms with Crippen molar-refractivity contribution in [2.24, 2.45) is 0 Å². The lowest BCUT2D eigenvalue weighted by molar-refractivity contribution is 0.259. The monoisotopic (exact) mass is 317 g/mol. The van der Waals surface area contributed by atoms with Crippen molar-refractivity contribution in [3.63, 3.8) is 0 Å². The molecule has 0 atom stereocenters. The van der Waals surface area contributed by atoms with Gasteiger partial charge in [-0.25, -0.2) is 8.78 Å². The second-order valence-electron chi connectivity index (χ2n) is 4.70. The largest absolute Gasteiger partial charge is 0.394 e. The molecule has 23 heavy (non-hydrogen) atoms. The minimum absolute atomic E-state index is 0.0141. The Bertz CT molecular complexity index is 821. The fourth-order valence-corrected chi connectivity index (χ4v) is 2.07. The van der Waals surface area contributed by atoms with Gasteiger partial charge in [-0.15, -0.1) is 10.2 Å². The number of tetrazole rings is 1. The van der Waals surface area contributed by atoms with Crippen LogP contribution in [0.4, 0.5) is 20.2 Å². The molecule has 6 nitrogen and oxygen atoms in total. The number of benzene rings is 2. The van der Waals surface area contributed by atoms with Crippen LogP contribution < -0.4 is 5.32 Å². The molecule has 2 N–H and O–H groups in total. The zero-order valence-electron chi connectivity index (χ0n) is 11.9. The van der Waals surface area contributed by atoms with Crippen LogP contribution in [0.1, 0.15) is 0 Å². The van der Waals surface area contributed by atoms with Gasteiger partial charge in [0.15, 0.2) is 11.6 Å². The van der Waals surface area contributed by atoms with E-state index in [2.05, 4.69) is 20.7 Å². The number of aliphatic hydroxyl groups excluding tert-OH is 1. The van der Waals surface area contributed by atoms with Gasteiger partial charge in [-0.3, -0.25) is 0 Å². The van der Waals surface area contributed by atoms with Gasteiger partial charge in [0.1, 0.15) is 0 Å². The molecule has 0 aliphatic carbocycles. The molecular formula is C15H13F2N5O. The average molecular weight is 317 g/mol. The number of hydrogen-bond donors (Lipinski definition) is 2. The maximum absolute atomic E-state index is 13.8. The van der Waals surface area contributed by atoms with Crippen LogP contribution in [0, 0.1) is 11.6 Å². The number of rotatable bonds is 5. The predicted octanol–water partition coefficient (Wildman–Crippen LogP) is 2.35. The van der Waals surface area contributed by atoms with Gasteiger partial charge in [0.25, 0.3) is 0 Å². The van der Waals surface area contributed by atoms with Gasteiger partial charge in [-0.2, -0.15) is 4.80 Å².